The van der Waals surface area contributed by atoms with Gasteiger partial charge in [0.25, 0.3) is 5.91 Å². The van der Waals surface area contributed by atoms with Crippen molar-refractivity contribution in [3.63, 3.8) is 0 Å². The number of amides is 2. The lowest BCUT2D eigenvalue weighted by molar-refractivity contribution is -0.135. The van der Waals surface area contributed by atoms with Crippen LogP contribution in [0, 0.1) is 35.5 Å². The lowest BCUT2D eigenvalue weighted by Crippen LogP contribution is -2.47. The van der Waals surface area contributed by atoms with E-state index in [9.17, 15) is 9.59 Å². The van der Waals surface area contributed by atoms with Crippen molar-refractivity contribution in [3.05, 3.63) is 35.4 Å². The Labute approximate surface area is 141 Å². The van der Waals surface area contributed by atoms with E-state index in [-0.39, 0.29) is 30.8 Å². The molecule has 1 atom stereocenters. The number of aryl methyl sites for hydroxylation is 1. The summed E-state index contributed by atoms with van der Waals surface area (Å²) < 4.78 is 0. The minimum Gasteiger partial charge on any atom is -0.338 e. The molecule has 0 aromatic heterocycles. The second kappa shape index (κ2) is 8.12. The minimum absolute atomic E-state index is 0.0837. The molecular weight excluding hydrogens is 304 g/mol. The number of hydrogen-bond donors (Lipinski definition) is 0. The highest BCUT2D eigenvalue weighted by Crippen LogP contribution is 2.21. The van der Waals surface area contributed by atoms with E-state index >= 15 is 0 Å². The van der Waals surface area contributed by atoms with Gasteiger partial charge in [0.1, 0.15) is 13.1 Å². The third-order valence-corrected chi connectivity index (χ3v) is 4.19. The molecule has 0 aliphatic carbocycles. The molecule has 24 heavy (non-hydrogen) atoms. The second-order valence-electron chi connectivity index (χ2n) is 5.97. The zero-order valence-electron chi connectivity index (χ0n) is 13.7. The Morgan fingerprint density at radius 1 is 1.21 bits per heavy atom. The molecule has 6 heteroatoms. The van der Waals surface area contributed by atoms with E-state index in [2.05, 4.69) is 0 Å². The van der Waals surface area contributed by atoms with E-state index < -0.39 is 0 Å². The number of piperidine rings is 1. The molecule has 0 saturated carbocycles. The summed E-state index contributed by atoms with van der Waals surface area (Å²) in [6, 6.07) is 11.2. The number of nitriles is 2. The molecule has 1 aliphatic heterocycles. The van der Waals surface area contributed by atoms with E-state index in [0.29, 0.717) is 25.1 Å². The summed E-state index contributed by atoms with van der Waals surface area (Å²) >= 11 is 0. The summed E-state index contributed by atoms with van der Waals surface area (Å²) in [6.07, 6.45) is 1.41. The Kier molecular flexibility index (Phi) is 5.92. The molecule has 0 spiro atoms. The largest absolute Gasteiger partial charge is 0.338 e. The minimum atomic E-state index is -0.352. The lowest BCUT2D eigenvalue weighted by atomic mass is 9.95. The van der Waals surface area contributed by atoms with Crippen molar-refractivity contribution in [2.75, 3.05) is 26.2 Å². The van der Waals surface area contributed by atoms with Crippen LogP contribution < -0.4 is 0 Å². The van der Waals surface area contributed by atoms with Crippen LogP contribution in [0.5, 0.6) is 0 Å². The van der Waals surface area contributed by atoms with E-state index in [1.807, 2.05) is 31.2 Å². The summed E-state index contributed by atoms with van der Waals surface area (Å²) in [5.74, 6) is -0.658. The molecule has 1 aromatic carbocycles. The maximum Gasteiger partial charge on any atom is 0.253 e. The number of carbonyl (C=O) groups excluding carboxylic acids is 2. The fourth-order valence-electron chi connectivity index (χ4n) is 2.88. The van der Waals surface area contributed by atoms with Gasteiger partial charge in [0.2, 0.25) is 5.91 Å². The third-order valence-electron chi connectivity index (χ3n) is 4.19. The molecular formula is C18H20N4O2. The highest BCUT2D eigenvalue weighted by molar-refractivity contribution is 5.94. The Hall–Kier alpha value is -2.86. The van der Waals surface area contributed by atoms with Crippen molar-refractivity contribution < 1.29 is 9.59 Å². The predicted octanol–water partition coefficient (Wildman–Crippen LogP) is 1.72. The lowest BCUT2D eigenvalue weighted by Gasteiger charge is -2.34. The number of rotatable bonds is 4. The Balaban J connectivity index is 2.07. The van der Waals surface area contributed by atoms with Crippen molar-refractivity contribution >= 4 is 11.8 Å². The molecule has 1 aliphatic rings. The van der Waals surface area contributed by atoms with Crippen molar-refractivity contribution in [1.29, 1.82) is 10.5 Å². The maximum absolute atomic E-state index is 12.6. The molecule has 1 heterocycles. The Morgan fingerprint density at radius 3 is 2.42 bits per heavy atom. The molecule has 124 valence electrons. The molecule has 1 fully saturated rings. The van der Waals surface area contributed by atoms with Gasteiger partial charge in [0, 0.05) is 18.7 Å². The number of likely N-dealkylation sites (tertiary alicyclic amines) is 1. The topological polar surface area (TPSA) is 88.2 Å². The molecule has 6 nitrogen and oxygen atoms in total. The first kappa shape index (κ1) is 17.5. The van der Waals surface area contributed by atoms with Gasteiger partial charge in [0.15, 0.2) is 0 Å². The van der Waals surface area contributed by atoms with Crippen LogP contribution in [-0.4, -0.2) is 47.8 Å². The zero-order chi connectivity index (χ0) is 17.5. The van der Waals surface area contributed by atoms with Crippen molar-refractivity contribution in [1.82, 2.24) is 9.80 Å². The monoisotopic (exact) mass is 324 g/mol. The van der Waals surface area contributed by atoms with Crippen LogP contribution in [0.25, 0.3) is 0 Å². The molecule has 1 aromatic rings. The van der Waals surface area contributed by atoms with Crippen LogP contribution in [0.1, 0.15) is 28.8 Å². The maximum atomic E-state index is 12.6. The first-order chi connectivity index (χ1) is 11.6. The second-order valence-corrected chi connectivity index (χ2v) is 5.97. The number of hydrogen-bond acceptors (Lipinski definition) is 4. The van der Waals surface area contributed by atoms with E-state index in [0.717, 1.165) is 12.0 Å². The Morgan fingerprint density at radius 2 is 1.83 bits per heavy atom. The summed E-state index contributed by atoms with van der Waals surface area (Å²) in [4.78, 5) is 28.1. The molecule has 2 rings (SSSR count). The average Bonchev–Trinajstić information content (AvgIpc) is 2.61. The quantitative estimate of drug-likeness (QED) is 0.789. The zero-order valence-corrected chi connectivity index (χ0v) is 13.7. The van der Waals surface area contributed by atoms with Gasteiger partial charge in [-0.15, -0.1) is 0 Å². The third kappa shape index (κ3) is 4.11. The fraction of sp³-hybridized carbons (Fsp3) is 0.444. The van der Waals surface area contributed by atoms with Gasteiger partial charge in [-0.1, -0.05) is 17.7 Å². The van der Waals surface area contributed by atoms with E-state index in [4.69, 9.17) is 10.5 Å². The van der Waals surface area contributed by atoms with Gasteiger partial charge in [-0.2, -0.15) is 10.5 Å². The van der Waals surface area contributed by atoms with Crippen LogP contribution in [0.3, 0.4) is 0 Å². The van der Waals surface area contributed by atoms with E-state index in [1.54, 1.807) is 17.0 Å². The summed E-state index contributed by atoms with van der Waals surface area (Å²) in [7, 11) is 0. The van der Waals surface area contributed by atoms with Crippen molar-refractivity contribution in [2.24, 2.45) is 5.92 Å². The first-order valence-corrected chi connectivity index (χ1v) is 7.95. The number of benzene rings is 1. The summed E-state index contributed by atoms with van der Waals surface area (Å²) in [6.45, 7) is 2.71. The highest BCUT2D eigenvalue weighted by atomic mass is 16.2. The smallest absolute Gasteiger partial charge is 0.253 e. The first-order valence-electron chi connectivity index (χ1n) is 7.95. The van der Waals surface area contributed by atoms with Gasteiger partial charge in [-0.05, 0) is 31.9 Å². The molecule has 0 radical (unpaired) electrons. The summed E-state index contributed by atoms with van der Waals surface area (Å²) in [5, 5.41) is 17.6. The molecule has 2 amide bonds. The van der Waals surface area contributed by atoms with Crippen molar-refractivity contribution in [3.8, 4) is 12.1 Å². The normalized spacial score (nSPS) is 16.8. The van der Waals surface area contributed by atoms with Gasteiger partial charge in [0.05, 0.1) is 18.1 Å². The van der Waals surface area contributed by atoms with Gasteiger partial charge in [-0.3, -0.25) is 9.59 Å². The summed E-state index contributed by atoms with van der Waals surface area (Å²) in [5.41, 5.74) is 1.70. The van der Waals surface area contributed by atoms with Crippen LogP contribution >= 0.6 is 0 Å². The fourth-order valence-corrected chi connectivity index (χ4v) is 2.88. The van der Waals surface area contributed by atoms with Crippen LogP contribution in [-0.2, 0) is 4.79 Å². The van der Waals surface area contributed by atoms with Crippen LogP contribution in [0.4, 0.5) is 0 Å². The van der Waals surface area contributed by atoms with Crippen LogP contribution in [0.2, 0.25) is 0 Å². The Bertz CT molecular complexity index is 668. The number of nitrogens with zero attached hydrogens (tertiary/aromatic N) is 4. The van der Waals surface area contributed by atoms with E-state index in [1.165, 1.54) is 4.90 Å². The van der Waals surface area contributed by atoms with Crippen molar-refractivity contribution in [2.45, 2.75) is 19.8 Å². The standard InChI is InChI=1S/C18H20N4O2/c1-14-4-6-15(7-5-14)17(23)22-10-2-3-16(13-22)18(24)21(11-8-19)12-9-20/h4-7,16H,2-3,10-13H2,1H3. The average molecular weight is 324 g/mol. The molecule has 0 N–H and O–H groups in total. The predicted molar refractivity (Wildman–Crippen MR) is 87.6 cm³/mol. The SMILES string of the molecule is Cc1ccc(C(=O)N2CCCC(C(=O)N(CC#N)CC#N)C2)cc1. The van der Waals surface area contributed by atoms with Gasteiger partial charge < -0.3 is 9.80 Å². The molecule has 1 unspecified atom stereocenters. The van der Waals surface area contributed by atoms with Gasteiger partial charge in [-0.25, -0.2) is 0 Å². The van der Waals surface area contributed by atoms with Gasteiger partial charge >= 0.3 is 0 Å². The van der Waals surface area contributed by atoms with Crippen LogP contribution in [0.15, 0.2) is 24.3 Å². The highest BCUT2D eigenvalue weighted by Gasteiger charge is 2.31. The number of carbonyl (C=O) groups is 2. The molecule has 1 saturated heterocycles. The molecule has 0 bridgehead atoms.